The Bertz CT molecular complexity index is 2970. The first kappa shape index (κ1) is 40.6. The van der Waals surface area contributed by atoms with Gasteiger partial charge in [-0.25, -0.2) is 0 Å². The Morgan fingerprint density at radius 3 is 2.14 bits per heavy atom. The smallest absolute Gasteiger partial charge is 0.196 e. The van der Waals surface area contributed by atoms with E-state index in [-0.39, 0.29) is 17.7 Å². The molecule has 0 bridgehead atoms. The average molecular weight is 875 g/mol. The molecule has 6 heterocycles. The third-order valence-electron chi connectivity index (χ3n) is 14.4. The number of anilines is 3. The molecule has 0 amide bonds. The number of fused-ring (bicyclic) bond motifs is 3. The maximum atomic E-state index is 14.4. The van der Waals surface area contributed by atoms with Crippen molar-refractivity contribution in [3.63, 3.8) is 0 Å². The van der Waals surface area contributed by atoms with Gasteiger partial charge in [0.25, 0.3) is 0 Å². The number of piperidine rings is 2. The highest BCUT2D eigenvalue weighted by atomic mass is 16.5. The summed E-state index contributed by atoms with van der Waals surface area (Å²) >= 11 is 0. The summed E-state index contributed by atoms with van der Waals surface area (Å²) in [5, 5.41) is 24.3. The molecule has 1 unspecified atom stereocenters. The van der Waals surface area contributed by atoms with E-state index in [9.17, 15) is 4.79 Å². The lowest BCUT2D eigenvalue weighted by atomic mass is 9.85. The highest BCUT2D eigenvalue weighted by Crippen LogP contribution is 2.47. The van der Waals surface area contributed by atoms with Gasteiger partial charge in [-0.3, -0.25) is 9.69 Å². The van der Waals surface area contributed by atoms with E-state index in [0.717, 1.165) is 135 Å². The van der Waals surface area contributed by atoms with Crippen LogP contribution in [0.15, 0.2) is 132 Å². The Morgan fingerprint density at radius 1 is 0.697 bits per heavy atom. The number of likely N-dealkylation sites (tertiary alicyclic amines) is 1. The van der Waals surface area contributed by atoms with E-state index >= 15 is 0 Å². The number of piperazine rings is 1. The van der Waals surface area contributed by atoms with Gasteiger partial charge in [-0.05, 0) is 62.0 Å². The molecular weight excluding hydrogens is 821 g/mol. The summed E-state index contributed by atoms with van der Waals surface area (Å²) in [6.45, 7) is 8.97. The van der Waals surface area contributed by atoms with E-state index in [1.807, 2.05) is 47.0 Å². The molecule has 4 aliphatic rings. The fourth-order valence-corrected chi connectivity index (χ4v) is 11.1. The number of hydrogen-bond acceptors (Lipinski definition) is 11. The number of aromatic nitrogens is 5. The van der Waals surface area contributed by atoms with Crippen molar-refractivity contribution in [2.45, 2.75) is 44.1 Å². The highest BCUT2D eigenvalue weighted by molar-refractivity contribution is 6.28. The molecule has 8 aromatic rings. The van der Waals surface area contributed by atoms with E-state index in [1.165, 1.54) is 30.4 Å². The van der Waals surface area contributed by atoms with Gasteiger partial charge in [-0.1, -0.05) is 127 Å². The van der Waals surface area contributed by atoms with Gasteiger partial charge < -0.3 is 24.5 Å². The first-order chi connectivity index (χ1) is 32.7. The van der Waals surface area contributed by atoms with E-state index in [1.54, 1.807) is 0 Å². The van der Waals surface area contributed by atoms with Crippen LogP contribution >= 0.6 is 0 Å². The van der Waals surface area contributed by atoms with Crippen molar-refractivity contribution in [2.24, 2.45) is 0 Å². The van der Waals surface area contributed by atoms with Gasteiger partial charge in [0.15, 0.2) is 23.0 Å². The molecule has 12 heteroatoms. The molecular formula is C54H54N10O2. The van der Waals surface area contributed by atoms with Crippen molar-refractivity contribution in [3.05, 3.63) is 155 Å². The van der Waals surface area contributed by atoms with Crippen molar-refractivity contribution in [2.75, 3.05) is 80.6 Å². The van der Waals surface area contributed by atoms with Crippen molar-refractivity contribution < 1.29 is 9.32 Å². The summed E-state index contributed by atoms with van der Waals surface area (Å²) in [4.78, 5) is 24.4. The number of carbonyl (C=O) groups excluding carboxylic acids is 1. The van der Waals surface area contributed by atoms with E-state index in [4.69, 9.17) is 25.0 Å². The zero-order valence-corrected chi connectivity index (χ0v) is 37.2. The lowest BCUT2D eigenvalue weighted by molar-refractivity contribution is 0.104. The van der Waals surface area contributed by atoms with Crippen LogP contribution in [0.2, 0.25) is 0 Å². The summed E-state index contributed by atoms with van der Waals surface area (Å²) in [6, 6.07) is 44.4. The first-order valence-corrected chi connectivity index (χ1v) is 23.9. The van der Waals surface area contributed by atoms with Gasteiger partial charge in [0.1, 0.15) is 11.3 Å². The van der Waals surface area contributed by atoms with Crippen LogP contribution in [-0.4, -0.2) is 106 Å². The van der Waals surface area contributed by atoms with E-state index in [2.05, 4.69) is 110 Å². The highest BCUT2D eigenvalue weighted by Gasteiger charge is 2.36. The van der Waals surface area contributed by atoms with Crippen LogP contribution in [0, 0.1) is 0 Å². The van der Waals surface area contributed by atoms with Crippen molar-refractivity contribution in [1.82, 2.24) is 34.8 Å². The summed E-state index contributed by atoms with van der Waals surface area (Å²) in [6.07, 6.45) is 5.75. The summed E-state index contributed by atoms with van der Waals surface area (Å²) < 4.78 is 8.21. The van der Waals surface area contributed by atoms with Gasteiger partial charge in [0.2, 0.25) is 0 Å². The van der Waals surface area contributed by atoms with Crippen molar-refractivity contribution in [1.29, 1.82) is 0 Å². The molecule has 12 nitrogen and oxygen atoms in total. The molecule has 3 aromatic heterocycles. The molecule has 1 atom stereocenters. The zero-order valence-electron chi connectivity index (χ0n) is 37.2. The second kappa shape index (κ2) is 17.5. The molecule has 1 N–H and O–H groups in total. The molecule has 332 valence electrons. The van der Waals surface area contributed by atoms with Crippen molar-refractivity contribution >= 4 is 39.5 Å². The normalized spacial score (nSPS) is 18.1. The lowest BCUT2D eigenvalue weighted by Crippen LogP contribution is -2.48. The average Bonchev–Trinajstić information content (AvgIpc) is 4.03. The molecule has 0 radical (unpaired) electrons. The number of ketones is 1. The quantitative estimate of drug-likeness (QED) is 0.134. The van der Waals surface area contributed by atoms with Crippen LogP contribution in [0.25, 0.3) is 39.3 Å². The number of carbonyl (C=O) groups is 1. The molecule has 66 heavy (non-hydrogen) atoms. The Kier molecular flexibility index (Phi) is 10.8. The van der Waals surface area contributed by atoms with Gasteiger partial charge in [-0.2, -0.15) is 4.52 Å². The molecule has 3 fully saturated rings. The number of nitrogens with zero attached hydrogens (tertiary/aromatic N) is 9. The maximum absolute atomic E-state index is 14.4. The summed E-state index contributed by atoms with van der Waals surface area (Å²) in [7, 11) is 0. The largest absolute Gasteiger partial charge is 0.383 e. The lowest BCUT2D eigenvalue weighted by Gasteiger charge is -2.40. The van der Waals surface area contributed by atoms with Crippen LogP contribution in [0.4, 0.5) is 17.2 Å². The second-order valence-corrected chi connectivity index (χ2v) is 18.4. The minimum Gasteiger partial charge on any atom is -0.383 e. The summed E-state index contributed by atoms with van der Waals surface area (Å²) in [5.74, 6) is 2.49. The Labute approximate surface area is 384 Å². The summed E-state index contributed by atoms with van der Waals surface area (Å²) in [5.41, 5.74) is 10.2. The fraction of sp³-hybridized carbons (Fsp3) is 0.315. The Balaban J connectivity index is 0.891. The number of nitrogens with one attached hydrogen (secondary N) is 1. The molecule has 0 spiro atoms. The predicted molar refractivity (Wildman–Crippen MR) is 261 cm³/mol. The molecule has 1 aliphatic carbocycles. The standard InChI is InChI=1S/C54H54N10O2/c65-51-41-23-11-12-24-42(41)52-48-47(51)44(55-25-29-60-26-13-4-14-27-60)35-45(49(48)59-66-52)63-28-15-22-40(36-63)43-34-46(58-64-53(56-57-54(43)64)39-20-9-3-10-21-39)61-30-32-62(33-31-61)50(37-16-5-1-6-17-37)38-18-7-2-8-19-38/h1-3,5-12,16-21,23-24,34-35,40,50,55H,4,13-15,22,25-33,36H2. The minimum atomic E-state index is 0.0130. The predicted octanol–water partition coefficient (Wildman–Crippen LogP) is 9.34. The second-order valence-electron chi connectivity index (χ2n) is 18.4. The van der Waals surface area contributed by atoms with Gasteiger partial charge >= 0.3 is 0 Å². The maximum Gasteiger partial charge on any atom is 0.196 e. The molecule has 12 rings (SSSR count). The molecule has 3 aliphatic heterocycles. The zero-order chi connectivity index (χ0) is 44.0. The van der Waals surface area contributed by atoms with E-state index < -0.39 is 0 Å². The molecule has 3 saturated heterocycles. The third-order valence-corrected chi connectivity index (χ3v) is 14.4. The minimum absolute atomic E-state index is 0.0130. The van der Waals surface area contributed by atoms with Crippen LogP contribution < -0.4 is 15.1 Å². The van der Waals surface area contributed by atoms with Gasteiger partial charge in [0, 0.05) is 86.2 Å². The van der Waals surface area contributed by atoms with E-state index in [0.29, 0.717) is 16.9 Å². The molecule has 0 saturated carbocycles. The van der Waals surface area contributed by atoms with Crippen LogP contribution in [0.3, 0.4) is 0 Å². The molecule has 5 aromatic carbocycles. The topological polar surface area (TPSA) is 111 Å². The SMILES string of the molecule is O=C1c2ccccc2-c2onc3c(N4CCCC(c5cc(N6CCN(C(c7ccccc7)c7ccccc7)CC6)nn6c(-c7ccccc7)nnc56)C4)cc(NCCN4CCCCC4)c1c23. The third kappa shape index (κ3) is 7.38. The van der Waals surface area contributed by atoms with Crippen LogP contribution in [0.5, 0.6) is 0 Å². The number of benzene rings is 5. The van der Waals surface area contributed by atoms with Crippen molar-refractivity contribution in [3.8, 4) is 22.7 Å². The first-order valence-electron chi connectivity index (χ1n) is 23.9. The Morgan fingerprint density at radius 2 is 1.39 bits per heavy atom. The van der Waals surface area contributed by atoms with Gasteiger partial charge in [0.05, 0.1) is 22.7 Å². The van der Waals surface area contributed by atoms with Crippen LogP contribution in [0.1, 0.15) is 76.7 Å². The number of hydrogen-bond donors (Lipinski definition) is 1. The monoisotopic (exact) mass is 874 g/mol. The van der Waals surface area contributed by atoms with Crippen LogP contribution in [-0.2, 0) is 0 Å². The van der Waals surface area contributed by atoms with Gasteiger partial charge in [-0.15, -0.1) is 15.3 Å². The number of rotatable bonds is 11. The fourth-order valence-electron chi connectivity index (χ4n) is 11.1. The Hall–Kier alpha value is -6.89.